The van der Waals surface area contributed by atoms with Crippen LogP contribution in [-0.2, 0) is 0 Å². The summed E-state index contributed by atoms with van der Waals surface area (Å²) in [5, 5.41) is 4.32. The van der Waals surface area contributed by atoms with Crippen LogP contribution in [0.3, 0.4) is 0 Å². The second-order valence-corrected chi connectivity index (χ2v) is 7.83. The van der Waals surface area contributed by atoms with E-state index in [-0.39, 0.29) is 11.7 Å². The second kappa shape index (κ2) is 7.64. The molecule has 142 valence electrons. The quantitative estimate of drug-likeness (QED) is 0.646. The number of hydrogen-bond acceptors (Lipinski definition) is 3. The Bertz CT molecular complexity index is 1070. The van der Waals surface area contributed by atoms with Crippen molar-refractivity contribution in [2.24, 2.45) is 5.10 Å². The number of carbonyl (C=O) groups is 1. The topological polar surface area (TPSA) is 46.4 Å². The number of halogens is 1. The first kappa shape index (κ1) is 18.5. The van der Waals surface area contributed by atoms with Crippen LogP contribution in [0.25, 0.3) is 5.69 Å². The van der Waals surface area contributed by atoms with Crippen LogP contribution in [0.4, 0.5) is 4.39 Å². The van der Waals surface area contributed by atoms with Crippen molar-refractivity contribution in [2.45, 2.75) is 25.2 Å². The number of carbonyl (C=O) groups excluding carboxylic acids is 1. The van der Waals surface area contributed by atoms with Crippen LogP contribution in [-0.4, -0.2) is 21.9 Å². The van der Waals surface area contributed by atoms with Crippen LogP contribution < -0.4 is 5.43 Å². The molecule has 2 heterocycles. The number of hydrogen-bond donors (Lipinski definition) is 1. The largest absolute Gasteiger partial charge is 0.318 e. The molecule has 1 amide bonds. The molecular formula is C22H20FN3OS. The molecule has 0 bridgehead atoms. The van der Waals surface area contributed by atoms with E-state index >= 15 is 0 Å². The summed E-state index contributed by atoms with van der Waals surface area (Å²) in [4.78, 5) is 13.8. The molecule has 0 spiro atoms. The predicted molar refractivity (Wildman–Crippen MR) is 111 cm³/mol. The van der Waals surface area contributed by atoms with Gasteiger partial charge < -0.3 is 4.57 Å². The van der Waals surface area contributed by atoms with Gasteiger partial charge in [0.15, 0.2) is 0 Å². The van der Waals surface area contributed by atoms with E-state index in [1.54, 1.807) is 17.8 Å². The van der Waals surface area contributed by atoms with Crippen LogP contribution >= 0.6 is 11.8 Å². The Kier molecular flexibility index (Phi) is 5.05. The Hall–Kier alpha value is -2.86. The van der Waals surface area contributed by atoms with Crippen molar-refractivity contribution < 1.29 is 9.18 Å². The molecule has 2 aromatic carbocycles. The Labute approximate surface area is 167 Å². The van der Waals surface area contributed by atoms with Gasteiger partial charge >= 0.3 is 0 Å². The van der Waals surface area contributed by atoms with Crippen molar-refractivity contribution in [2.75, 3.05) is 5.75 Å². The molecule has 1 N–H and O–H groups in total. The first-order chi connectivity index (χ1) is 13.5. The fourth-order valence-electron chi connectivity index (χ4n) is 3.51. The van der Waals surface area contributed by atoms with Crippen LogP contribution in [0, 0.1) is 19.7 Å². The Balaban J connectivity index is 1.61. The van der Waals surface area contributed by atoms with Crippen molar-refractivity contribution in [3.8, 4) is 5.69 Å². The van der Waals surface area contributed by atoms with Gasteiger partial charge in [-0.2, -0.15) is 5.10 Å². The molecule has 0 saturated heterocycles. The van der Waals surface area contributed by atoms with Crippen LogP contribution in [0.2, 0.25) is 0 Å². The normalized spacial score (nSPS) is 14.8. The third-order valence-electron chi connectivity index (χ3n) is 4.83. The zero-order valence-electron chi connectivity index (χ0n) is 15.7. The molecule has 1 aliphatic heterocycles. The molecule has 3 aromatic rings. The van der Waals surface area contributed by atoms with Crippen molar-refractivity contribution >= 4 is 23.4 Å². The van der Waals surface area contributed by atoms with Gasteiger partial charge in [-0.05, 0) is 50.2 Å². The molecule has 1 aliphatic rings. The smallest absolute Gasteiger partial charge is 0.273 e. The minimum Gasteiger partial charge on any atom is -0.318 e. The molecule has 0 aliphatic carbocycles. The van der Waals surface area contributed by atoms with Crippen molar-refractivity contribution in [1.82, 2.24) is 9.99 Å². The molecule has 0 radical (unpaired) electrons. The number of amides is 1. The van der Waals surface area contributed by atoms with Gasteiger partial charge in [0.1, 0.15) is 5.82 Å². The number of aryl methyl sites for hydroxylation is 1. The van der Waals surface area contributed by atoms with Gasteiger partial charge in [0.25, 0.3) is 5.91 Å². The third-order valence-corrected chi connectivity index (χ3v) is 5.91. The average Bonchev–Trinajstić information content (AvgIpc) is 3.01. The van der Waals surface area contributed by atoms with Gasteiger partial charge in [-0.25, -0.2) is 9.82 Å². The lowest BCUT2D eigenvalue weighted by Crippen LogP contribution is -2.22. The van der Waals surface area contributed by atoms with Gasteiger partial charge in [0.05, 0.1) is 11.3 Å². The lowest BCUT2D eigenvalue weighted by Gasteiger charge is -2.17. The lowest BCUT2D eigenvalue weighted by atomic mass is 10.1. The van der Waals surface area contributed by atoms with E-state index in [0.29, 0.717) is 17.7 Å². The zero-order valence-corrected chi connectivity index (χ0v) is 16.5. The van der Waals surface area contributed by atoms with E-state index in [1.165, 1.54) is 12.1 Å². The highest BCUT2D eigenvalue weighted by Gasteiger charge is 2.19. The van der Waals surface area contributed by atoms with Crippen molar-refractivity contribution in [3.63, 3.8) is 0 Å². The summed E-state index contributed by atoms with van der Waals surface area (Å²) in [7, 11) is 0. The molecule has 0 unspecified atom stereocenters. The van der Waals surface area contributed by atoms with Crippen molar-refractivity contribution in [3.05, 3.63) is 82.9 Å². The summed E-state index contributed by atoms with van der Waals surface area (Å²) < 4.78 is 15.7. The number of hydrazone groups is 1. The van der Waals surface area contributed by atoms with E-state index < -0.39 is 0 Å². The summed E-state index contributed by atoms with van der Waals surface area (Å²) in [5.74, 6) is 0.293. The van der Waals surface area contributed by atoms with Crippen LogP contribution in [0.15, 0.2) is 64.6 Å². The van der Waals surface area contributed by atoms with Crippen molar-refractivity contribution in [1.29, 1.82) is 0 Å². The van der Waals surface area contributed by atoms with Crippen LogP contribution in [0.5, 0.6) is 0 Å². The fourth-order valence-corrected chi connectivity index (χ4v) is 4.52. The van der Waals surface area contributed by atoms with Gasteiger partial charge in [0, 0.05) is 39.7 Å². The Morgan fingerprint density at radius 1 is 1.14 bits per heavy atom. The summed E-state index contributed by atoms with van der Waals surface area (Å²) in [6.07, 6.45) is 0.685. The molecule has 0 fully saturated rings. The monoisotopic (exact) mass is 393 g/mol. The predicted octanol–water partition coefficient (Wildman–Crippen LogP) is 4.86. The molecule has 4 rings (SSSR count). The van der Waals surface area contributed by atoms with E-state index in [2.05, 4.69) is 10.5 Å². The number of rotatable bonds is 3. The highest BCUT2D eigenvalue weighted by Crippen LogP contribution is 2.30. The summed E-state index contributed by atoms with van der Waals surface area (Å²) in [5.41, 5.74) is 7.55. The first-order valence-corrected chi connectivity index (χ1v) is 10.1. The minimum absolute atomic E-state index is 0.265. The minimum atomic E-state index is -0.299. The summed E-state index contributed by atoms with van der Waals surface area (Å²) in [6, 6.07) is 16.5. The number of nitrogens with zero attached hydrogens (tertiary/aromatic N) is 2. The molecule has 6 heteroatoms. The fraction of sp³-hybridized carbons (Fsp3) is 0.182. The van der Waals surface area contributed by atoms with E-state index in [1.807, 2.05) is 54.8 Å². The molecule has 4 nitrogen and oxygen atoms in total. The van der Waals surface area contributed by atoms with Crippen LogP contribution in [0.1, 0.15) is 33.7 Å². The SMILES string of the molecule is Cc1cc(C(=O)N/N=C2/CCSc3ccc(F)cc32)c(C)n1-c1ccccc1. The number of fused-ring (bicyclic) bond motifs is 1. The number of nitrogens with one attached hydrogen (secondary N) is 1. The van der Waals surface area contributed by atoms with Gasteiger partial charge in [-0.15, -0.1) is 11.8 Å². The molecule has 0 atom stereocenters. The van der Waals surface area contributed by atoms with Gasteiger partial charge in [0.2, 0.25) is 0 Å². The maximum Gasteiger partial charge on any atom is 0.273 e. The molecular weight excluding hydrogens is 373 g/mol. The molecule has 28 heavy (non-hydrogen) atoms. The van der Waals surface area contributed by atoms with Gasteiger partial charge in [-0.3, -0.25) is 4.79 Å². The maximum atomic E-state index is 13.6. The van der Waals surface area contributed by atoms with E-state index in [4.69, 9.17) is 0 Å². The molecule has 0 saturated carbocycles. The second-order valence-electron chi connectivity index (χ2n) is 6.69. The number of benzene rings is 2. The number of para-hydroxylation sites is 1. The standard InChI is InChI=1S/C22H20FN3OS/c1-14-12-18(15(2)26(14)17-6-4-3-5-7-17)22(27)25-24-20-10-11-28-21-9-8-16(23)13-19(20)21/h3-9,12-13H,10-11H2,1-2H3,(H,25,27)/b24-20-. The lowest BCUT2D eigenvalue weighted by molar-refractivity contribution is 0.0954. The Morgan fingerprint density at radius 2 is 1.93 bits per heavy atom. The van der Waals surface area contributed by atoms with E-state index in [9.17, 15) is 9.18 Å². The first-order valence-electron chi connectivity index (χ1n) is 9.08. The maximum absolute atomic E-state index is 13.6. The average molecular weight is 393 g/mol. The zero-order chi connectivity index (χ0) is 19.7. The third kappa shape index (κ3) is 3.47. The highest BCUT2D eigenvalue weighted by molar-refractivity contribution is 7.99. The number of aromatic nitrogens is 1. The summed E-state index contributed by atoms with van der Waals surface area (Å²) >= 11 is 1.67. The summed E-state index contributed by atoms with van der Waals surface area (Å²) in [6.45, 7) is 3.89. The Morgan fingerprint density at radius 3 is 2.71 bits per heavy atom. The van der Waals surface area contributed by atoms with E-state index in [0.717, 1.165) is 33.3 Å². The number of thioether (sulfide) groups is 1. The highest BCUT2D eigenvalue weighted by atomic mass is 32.2. The van der Waals surface area contributed by atoms with Gasteiger partial charge in [-0.1, -0.05) is 18.2 Å². The molecule has 1 aromatic heterocycles.